The van der Waals surface area contributed by atoms with Crippen LogP contribution >= 0.6 is 11.6 Å². The average Bonchev–Trinajstić information content (AvgIpc) is 1.96. The molecule has 1 atom stereocenters. The average molecular weight is 174 g/mol. The second-order valence-electron chi connectivity index (χ2n) is 2.61. The molecule has 1 aliphatic rings. The van der Waals surface area contributed by atoms with Crippen LogP contribution in [0.1, 0.15) is 6.92 Å². The molecule has 0 amide bonds. The third-order valence-electron chi connectivity index (χ3n) is 1.87. The van der Waals surface area contributed by atoms with E-state index in [-0.39, 0.29) is 6.04 Å². The Hall–Kier alpha value is -0.630. The number of allylic oxidation sites excluding steroid dienone is 2. The molecule has 0 spiro atoms. The molecule has 0 aromatic rings. The molecule has 0 unspecified atom stereocenters. The Morgan fingerprint density at radius 1 is 1.64 bits per heavy atom. The fourth-order valence-corrected chi connectivity index (χ4v) is 1.29. The second-order valence-corrected chi connectivity index (χ2v) is 3.04. The van der Waals surface area contributed by atoms with E-state index in [9.17, 15) is 0 Å². The first-order chi connectivity index (χ1) is 5.15. The van der Waals surface area contributed by atoms with Gasteiger partial charge in [-0.15, -0.1) is 0 Å². The molecule has 3 heteroatoms. The predicted molar refractivity (Wildman–Crippen MR) is 46.3 cm³/mol. The van der Waals surface area contributed by atoms with Crippen LogP contribution in [-0.2, 0) is 4.74 Å². The molecule has 62 valence electrons. The quantitative estimate of drug-likeness (QED) is 0.601. The summed E-state index contributed by atoms with van der Waals surface area (Å²) in [5, 5.41) is 0.711. The molecule has 0 bridgehead atoms. The van der Waals surface area contributed by atoms with Crippen LogP contribution < -0.4 is 0 Å². The van der Waals surface area contributed by atoms with Crippen molar-refractivity contribution < 1.29 is 4.74 Å². The summed E-state index contributed by atoms with van der Waals surface area (Å²) in [6.07, 6.45) is 3.72. The number of nitrogens with zero attached hydrogens (tertiary/aromatic N) is 1. The van der Waals surface area contributed by atoms with Crippen LogP contribution in [0.25, 0.3) is 0 Å². The monoisotopic (exact) mass is 173 g/mol. The van der Waals surface area contributed by atoms with Gasteiger partial charge in [-0.3, -0.25) is 0 Å². The Morgan fingerprint density at radius 3 is 2.82 bits per heavy atom. The van der Waals surface area contributed by atoms with Gasteiger partial charge in [-0.1, -0.05) is 11.6 Å². The highest BCUT2D eigenvalue weighted by atomic mass is 35.5. The molecule has 1 aliphatic heterocycles. The zero-order chi connectivity index (χ0) is 8.43. The third kappa shape index (κ3) is 1.69. The van der Waals surface area contributed by atoms with Crippen LogP contribution in [0.5, 0.6) is 0 Å². The summed E-state index contributed by atoms with van der Waals surface area (Å²) in [6, 6.07) is 0.280. The topological polar surface area (TPSA) is 12.5 Å². The molecule has 0 aromatic carbocycles. The van der Waals surface area contributed by atoms with Crippen LogP contribution in [0, 0.1) is 0 Å². The Bertz CT molecular complexity index is 210. The number of halogens is 1. The fourth-order valence-electron chi connectivity index (χ4n) is 1.03. The maximum Gasteiger partial charge on any atom is 0.119 e. The summed E-state index contributed by atoms with van der Waals surface area (Å²) in [5.41, 5.74) is 0. The van der Waals surface area contributed by atoms with Crippen molar-refractivity contribution in [3.05, 3.63) is 23.1 Å². The van der Waals surface area contributed by atoms with E-state index in [4.69, 9.17) is 16.3 Å². The minimum Gasteiger partial charge on any atom is -0.499 e. The normalized spacial score (nSPS) is 24.4. The first kappa shape index (κ1) is 8.47. The van der Waals surface area contributed by atoms with Crippen LogP contribution in [-0.4, -0.2) is 25.1 Å². The first-order valence-electron chi connectivity index (χ1n) is 3.50. The van der Waals surface area contributed by atoms with Gasteiger partial charge in [-0.25, -0.2) is 0 Å². The number of hydrogen-bond acceptors (Lipinski definition) is 2. The largest absolute Gasteiger partial charge is 0.499 e. The van der Waals surface area contributed by atoms with Gasteiger partial charge in [-0.05, 0) is 13.0 Å². The molecular formula is C8H12ClNO. The van der Waals surface area contributed by atoms with E-state index in [1.54, 1.807) is 7.11 Å². The molecule has 2 nitrogen and oxygen atoms in total. The van der Waals surface area contributed by atoms with Crippen LogP contribution in [0.2, 0.25) is 0 Å². The second kappa shape index (κ2) is 3.18. The molecule has 0 aliphatic carbocycles. The molecule has 0 fully saturated rings. The molecule has 0 saturated heterocycles. The lowest BCUT2D eigenvalue weighted by molar-refractivity contribution is 0.212. The van der Waals surface area contributed by atoms with Gasteiger partial charge in [0.05, 0.1) is 18.2 Å². The molecular weight excluding hydrogens is 162 g/mol. The minimum absolute atomic E-state index is 0.280. The highest BCUT2D eigenvalue weighted by Crippen LogP contribution is 2.21. The van der Waals surface area contributed by atoms with Gasteiger partial charge in [0.15, 0.2) is 0 Å². The van der Waals surface area contributed by atoms with Crippen molar-refractivity contribution in [3.63, 3.8) is 0 Å². The molecule has 1 heterocycles. The van der Waals surface area contributed by atoms with E-state index < -0.39 is 0 Å². The highest BCUT2D eigenvalue weighted by molar-refractivity contribution is 6.31. The number of methoxy groups -OCH3 is 1. The lowest BCUT2D eigenvalue weighted by atomic mass is 10.2. The van der Waals surface area contributed by atoms with E-state index in [2.05, 4.69) is 6.92 Å². The van der Waals surface area contributed by atoms with E-state index in [0.29, 0.717) is 5.03 Å². The Morgan fingerprint density at radius 2 is 2.27 bits per heavy atom. The molecule has 0 aromatic heterocycles. The fraction of sp³-hybridized carbons (Fsp3) is 0.500. The summed E-state index contributed by atoms with van der Waals surface area (Å²) in [7, 11) is 3.63. The van der Waals surface area contributed by atoms with E-state index in [1.165, 1.54) is 0 Å². The van der Waals surface area contributed by atoms with Crippen molar-refractivity contribution in [2.75, 3.05) is 14.2 Å². The van der Waals surface area contributed by atoms with Gasteiger partial charge in [0.25, 0.3) is 0 Å². The molecule has 0 saturated carbocycles. The summed E-state index contributed by atoms with van der Waals surface area (Å²) >= 11 is 5.81. The maximum atomic E-state index is 5.81. The number of ether oxygens (including phenoxy) is 1. The number of rotatable bonds is 1. The predicted octanol–water partition coefficient (Wildman–Crippen LogP) is 1.93. The van der Waals surface area contributed by atoms with Crippen molar-refractivity contribution in [2.24, 2.45) is 0 Å². The van der Waals surface area contributed by atoms with Gasteiger partial charge in [0.2, 0.25) is 0 Å². The number of hydrogen-bond donors (Lipinski definition) is 0. The van der Waals surface area contributed by atoms with E-state index in [1.807, 2.05) is 24.2 Å². The number of likely N-dealkylation sites (N-methyl/N-ethyl adjacent to an activating group) is 1. The van der Waals surface area contributed by atoms with Gasteiger partial charge >= 0.3 is 0 Å². The molecule has 11 heavy (non-hydrogen) atoms. The van der Waals surface area contributed by atoms with Crippen molar-refractivity contribution in [1.29, 1.82) is 0 Å². The van der Waals surface area contributed by atoms with Gasteiger partial charge in [-0.2, -0.15) is 0 Å². The van der Waals surface area contributed by atoms with Gasteiger partial charge < -0.3 is 9.64 Å². The van der Waals surface area contributed by atoms with Crippen LogP contribution in [0.15, 0.2) is 23.1 Å². The van der Waals surface area contributed by atoms with Crippen molar-refractivity contribution in [1.82, 2.24) is 4.90 Å². The van der Waals surface area contributed by atoms with E-state index >= 15 is 0 Å². The smallest absolute Gasteiger partial charge is 0.119 e. The molecule has 1 rings (SSSR count). The summed E-state index contributed by atoms with van der Waals surface area (Å²) in [6.45, 7) is 2.06. The Kier molecular flexibility index (Phi) is 2.45. The van der Waals surface area contributed by atoms with Crippen LogP contribution in [0.4, 0.5) is 0 Å². The summed E-state index contributed by atoms with van der Waals surface area (Å²) in [4.78, 5) is 2.02. The zero-order valence-corrected chi connectivity index (χ0v) is 7.72. The Balaban J connectivity index is 2.84. The highest BCUT2D eigenvalue weighted by Gasteiger charge is 2.16. The van der Waals surface area contributed by atoms with Gasteiger partial charge in [0, 0.05) is 13.2 Å². The van der Waals surface area contributed by atoms with Crippen molar-refractivity contribution in [3.8, 4) is 0 Å². The molecule has 0 radical (unpaired) electrons. The lowest BCUT2D eigenvalue weighted by Gasteiger charge is -2.28. The van der Waals surface area contributed by atoms with Gasteiger partial charge in [0.1, 0.15) is 5.76 Å². The first-order valence-corrected chi connectivity index (χ1v) is 3.87. The summed E-state index contributed by atoms with van der Waals surface area (Å²) in [5.74, 6) is 0.903. The minimum atomic E-state index is 0.280. The summed E-state index contributed by atoms with van der Waals surface area (Å²) < 4.78 is 5.14. The lowest BCUT2D eigenvalue weighted by Crippen LogP contribution is -2.29. The van der Waals surface area contributed by atoms with Crippen molar-refractivity contribution in [2.45, 2.75) is 13.0 Å². The van der Waals surface area contributed by atoms with Crippen LogP contribution in [0.3, 0.4) is 0 Å². The zero-order valence-electron chi connectivity index (χ0n) is 6.97. The SMILES string of the molecule is COC1=CC(Cl)=CN(C)[C@@H]1C. The third-order valence-corrected chi connectivity index (χ3v) is 2.07. The molecule has 0 N–H and O–H groups in total. The Labute approximate surface area is 72.1 Å². The van der Waals surface area contributed by atoms with E-state index in [0.717, 1.165) is 5.76 Å². The maximum absolute atomic E-state index is 5.81. The standard InChI is InChI=1S/C8H12ClNO/c1-6-8(11-3)4-7(9)5-10(6)2/h4-6H,1-3H3/t6-/m1/s1. The van der Waals surface area contributed by atoms with Crippen molar-refractivity contribution >= 4 is 11.6 Å².